The molecule has 0 aliphatic carbocycles. The molecule has 0 spiro atoms. The standard InChI is InChI=1S/C30H32S4/c1-29(2,3)33-23-13-7-21(8-14-23)11-17-25-19-27-28(31-25)20-26(32-27)18-12-22-9-15-24(16-10-22)34-30(4,5)6/h7-20H,1-6H3/b17-11+,18-12+. The lowest BCUT2D eigenvalue weighted by Gasteiger charge is -2.17. The third-order valence-electron chi connectivity index (χ3n) is 4.73. The number of thiophene rings is 2. The van der Waals surface area contributed by atoms with E-state index in [1.54, 1.807) is 0 Å². The summed E-state index contributed by atoms with van der Waals surface area (Å²) < 4.78 is 3.20. The molecule has 0 amide bonds. The molecule has 0 radical (unpaired) electrons. The average molecular weight is 521 g/mol. The Bertz CT molecular complexity index is 1150. The van der Waals surface area contributed by atoms with Gasteiger partial charge in [-0.25, -0.2) is 0 Å². The molecule has 4 heteroatoms. The lowest BCUT2D eigenvalue weighted by atomic mass is 10.2. The summed E-state index contributed by atoms with van der Waals surface area (Å²) in [5.41, 5.74) is 2.48. The lowest BCUT2D eigenvalue weighted by Crippen LogP contribution is -2.06. The summed E-state index contributed by atoms with van der Waals surface area (Å²) in [6.07, 6.45) is 8.89. The minimum Gasteiger partial charge on any atom is -0.135 e. The maximum absolute atomic E-state index is 2.31. The summed E-state index contributed by atoms with van der Waals surface area (Å²) in [5.74, 6) is 0. The van der Waals surface area contributed by atoms with Crippen LogP contribution in [0.25, 0.3) is 33.7 Å². The Hall–Kier alpha value is -1.72. The molecule has 2 heterocycles. The topological polar surface area (TPSA) is 0 Å². The van der Waals surface area contributed by atoms with Crippen molar-refractivity contribution < 1.29 is 0 Å². The van der Waals surface area contributed by atoms with E-state index in [1.807, 2.05) is 46.2 Å². The fraction of sp³-hybridized carbons (Fsp3) is 0.267. The fourth-order valence-corrected chi connectivity index (χ4v) is 7.58. The molecule has 0 unspecified atom stereocenters. The van der Waals surface area contributed by atoms with Gasteiger partial charge in [-0.3, -0.25) is 0 Å². The molecule has 0 saturated heterocycles. The Kier molecular flexibility index (Phi) is 7.83. The van der Waals surface area contributed by atoms with Crippen LogP contribution in [0.1, 0.15) is 62.4 Å². The zero-order chi connectivity index (χ0) is 24.3. The van der Waals surface area contributed by atoms with Crippen LogP contribution in [0.3, 0.4) is 0 Å². The van der Waals surface area contributed by atoms with Gasteiger partial charge in [0.15, 0.2) is 0 Å². The number of benzene rings is 2. The molecule has 0 saturated carbocycles. The lowest BCUT2D eigenvalue weighted by molar-refractivity contribution is 0.802. The number of rotatable bonds is 6. The minimum absolute atomic E-state index is 0.240. The Labute approximate surface area is 221 Å². The van der Waals surface area contributed by atoms with Crippen LogP contribution in [0.4, 0.5) is 0 Å². The molecule has 4 rings (SSSR count). The van der Waals surface area contributed by atoms with Gasteiger partial charge in [0.2, 0.25) is 0 Å². The van der Waals surface area contributed by atoms with Gasteiger partial charge in [0.1, 0.15) is 0 Å². The van der Waals surface area contributed by atoms with Gasteiger partial charge in [-0.1, -0.05) is 78.0 Å². The highest BCUT2D eigenvalue weighted by Gasteiger charge is 2.12. The van der Waals surface area contributed by atoms with Crippen molar-refractivity contribution in [2.24, 2.45) is 0 Å². The highest BCUT2D eigenvalue weighted by molar-refractivity contribution is 8.00. The highest BCUT2D eigenvalue weighted by Crippen LogP contribution is 2.36. The second kappa shape index (κ2) is 10.5. The zero-order valence-electron chi connectivity index (χ0n) is 20.7. The molecule has 34 heavy (non-hydrogen) atoms. The van der Waals surface area contributed by atoms with E-state index < -0.39 is 0 Å². The summed E-state index contributed by atoms with van der Waals surface area (Å²) in [6, 6.07) is 22.3. The van der Waals surface area contributed by atoms with E-state index in [-0.39, 0.29) is 9.49 Å². The van der Waals surface area contributed by atoms with Crippen LogP contribution < -0.4 is 0 Å². The quantitative estimate of drug-likeness (QED) is 0.232. The first-order valence-electron chi connectivity index (χ1n) is 11.5. The van der Waals surface area contributed by atoms with Gasteiger partial charge in [0, 0.05) is 38.4 Å². The molecule has 0 aliphatic heterocycles. The zero-order valence-corrected chi connectivity index (χ0v) is 24.0. The first kappa shape index (κ1) is 25.4. The largest absolute Gasteiger partial charge is 0.135 e. The van der Waals surface area contributed by atoms with Crippen molar-refractivity contribution in [1.82, 2.24) is 0 Å². The van der Waals surface area contributed by atoms with E-state index in [0.29, 0.717) is 0 Å². The van der Waals surface area contributed by atoms with Crippen molar-refractivity contribution in [3.63, 3.8) is 0 Å². The van der Waals surface area contributed by atoms with Crippen LogP contribution in [0.2, 0.25) is 0 Å². The second-order valence-electron chi connectivity index (χ2n) is 10.3. The molecule has 0 fully saturated rings. The van der Waals surface area contributed by atoms with E-state index in [1.165, 1.54) is 40.1 Å². The predicted molar refractivity (Wildman–Crippen MR) is 162 cm³/mol. The number of hydrogen-bond acceptors (Lipinski definition) is 4. The molecular weight excluding hydrogens is 489 g/mol. The second-order valence-corrected chi connectivity index (χ2v) is 16.3. The molecule has 4 aromatic rings. The van der Waals surface area contributed by atoms with E-state index in [9.17, 15) is 0 Å². The first-order chi connectivity index (χ1) is 16.0. The molecular formula is C30H32S4. The van der Waals surface area contributed by atoms with Crippen molar-refractivity contribution >= 4 is 79.9 Å². The first-order valence-corrected chi connectivity index (χ1v) is 14.8. The van der Waals surface area contributed by atoms with Gasteiger partial charge < -0.3 is 0 Å². The predicted octanol–water partition coefficient (Wildman–Crippen LogP) is 11.1. The molecule has 0 aliphatic rings. The smallest absolute Gasteiger partial charge is 0.0463 e. The van der Waals surface area contributed by atoms with Gasteiger partial charge in [-0.2, -0.15) is 0 Å². The molecule has 2 aromatic carbocycles. The Balaban J connectivity index is 1.39. The third kappa shape index (κ3) is 7.64. The van der Waals surface area contributed by atoms with Crippen molar-refractivity contribution in [2.75, 3.05) is 0 Å². The summed E-state index contributed by atoms with van der Waals surface area (Å²) in [5, 5.41) is 0. The van der Waals surface area contributed by atoms with Gasteiger partial charge in [-0.05, 0) is 59.7 Å². The van der Waals surface area contributed by atoms with Crippen molar-refractivity contribution in [2.45, 2.75) is 60.8 Å². The van der Waals surface area contributed by atoms with Gasteiger partial charge >= 0.3 is 0 Å². The summed E-state index contributed by atoms with van der Waals surface area (Å²) in [4.78, 5) is 5.25. The van der Waals surface area contributed by atoms with Crippen LogP contribution in [-0.2, 0) is 0 Å². The van der Waals surface area contributed by atoms with Crippen molar-refractivity contribution in [1.29, 1.82) is 0 Å². The van der Waals surface area contributed by atoms with E-state index in [2.05, 4.69) is 127 Å². The summed E-state index contributed by atoms with van der Waals surface area (Å²) >= 11 is 7.53. The van der Waals surface area contributed by atoms with Crippen LogP contribution in [-0.4, -0.2) is 9.49 Å². The Morgan fingerprint density at radius 1 is 0.529 bits per heavy atom. The molecule has 0 nitrogen and oxygen atoms in total. The van der Waals surface area contributed by atoms with E-state index >= 15 is 0 Å². The summed E-state index contributed by atoms with van der Waals surface area (Å²) in [7, 11) is 0. The van der Waals surface area contributed by atoms with Crippen molar-refractivity contribution in [3.8, 4) is 0 Å². The number of fused-ring (bicyclic) bond motifs is 1. The average Bonchev–Trinajstić information content (AvgIpc) is 3.29. The van der Waals surface area contributed by atoms with E-state index in [0.717, 1.165) is 0 Å². The molecule has 0 atom stereocenters. The van der Waals surface area contributed by atoms with Crippen LogP contribution >= 0.6 is 46.2 Å². The molecule has 0 N–H and O–H groups in total. The van der Waals surface area contributed by atoms with Gasteiger partial charge in [0.25, 0.3) is 0 Å². The maximum atomic E-state index is 2.31. The van der Waals surface area contributed by atoms with Gasteiger partial charge in [-0.15, -0.1) is 46.2 Å². The normalized spacial score (nSPS) is 13.0. The maximum Gasteiger partial charge on any atom is 0.0463 e. The van der Waals surface area contributed by atoms with E-state index in [4.69, 9.17) is 0 Å². The SMILES string of the molecule is CC(C)(C)Sc1ccc(/C=C/c2cc3sc(/C=C/c4ccc(SC(C)(C)C)cc4)cc3s2)cc1. The van der Waals surface area contributed by atoms with Gasteiger partial charge in [0.05, 0.1) is 0 Å². The molecule has 0 bridgehead atoms. The van der Waals surface area contributed by atoms with Crippen LogP contribution in [0, 0.1) is 0 Å². The molecule has 2 aromatic heterocycles. The fourth-order valence-electron chi connectivity index (χ4n) is 3.40. The highest BCUT2D eigenvalue weighted by atomic mass is 32.2. The minimum atomic E-state index is 0.240. The Morgan fingerprint density at radius 2 is 0.882 bits per heavy atom. The third-order valence-corrected chi connectivity index (χ3v) is 9.20. The van der Waals surface area contributed by atoms with Crippen LogP contribution in [0.5, 0.6) is 0 Å². The Morgan fingerprint density at radius 3 is 1.21 bits per heavy atom. The monoisotopic (exact) mass is 520 g/mol. The van der Waals surface area contributed by atoms with Crippen molar-refractivity contribution in [3.05, 3.63) is 81.5 Å². The molecule has 176 valence electrons. The van der Waals surface area contributed by atoms with Crippen LogP contribution in [0.15, 0.2) is 70.5 Å². The number of thioether (sulfide) groups is 2. The summed E-state index contributed by atoms with van der Waals surface area (Å²) in [6.45, 7) is 13.5. The number of hydrogen-bond donors (Lipinski definition) is 0.